The van der Waals surface area contributed by atoms with Gasteiger partial charge in [-0.1, -0.05) is 11.6 Å². The molecule has 1 atom stereocenters. The van der Waals surface area contributed by atoms with E-state index in [1.807, 2.05) is 24.4 Å². The predicted octanol–water partition coefficient (Wildman–Crippen LogP) is 2.38. The zero-order valence-corrected chi connectivity index (χ0v) is 20.5. The number of piperazine rings is 1. The number of halogens is 1. The molecule has 2 aromatic carbocycles. The largest absolute Gasteiger partial charge is 0.491 e. The second-order valence-electron chi connectivity index (χ2n) is 8.49. The molecule has 0 spiro atoms. The van der Waals surface area contributed by atoms with Crippen molar-refractivity contribution in [1.82, 2.24) is 19.9 Å². The number of H-pyrrole nitrogens is 1. The molecule has 1 fully saturated rings. The molecule has 0 saturated carbocycles. The first-order valence-electron chi connectivity index (χ1n) is 11.5. The van der Waals surface area contributed by atoms with Gasteiger partial charge in [0.1, 0.15) is 18.5 Å². The van der Waals surface area contributed by atoms with Crippen molar-refractivity contribution < 1.29 is 18.3 Å². The van der Waals surface area contributed by atoms with Crippen LogP contribution in [-0.4, -0.2) is 75.4 Å². The number of ether oxygens (including phenoxy) is 1. The highest BCUT2D eigenvalue weighted by Crippen LogP contribution is 2.23. The number of rotatable bonds is 11. The Labute approximate surface area is 205 Å². The molecule has 2 heterocycles. The summed E-state index contributed by atoms with van der Waals surface area (Å²) >= 11 is 6.09. The van der Waals surface area contributed by atoms with Gasteiger partial charge in [0.15, 0.2) is 0 Å². The van der Waals surface area contributed by atoms with E-state index in [1.54, 1.807) is 12.1 Å². The van der Waals surface area contributed by atoms with Gasteiger partial charge in [-0.2, -0.15) is 0 Å². The normalized spacial score (nSPS) is 16.1. The van der Waals surface area contributed by atoms with Crippen LogP contribution in [0, 0.1) is 0 Å². The second kappa shape index (κ2) is 11.5. The Hall–Kier alpha value is -2.14. The van der Waals surface area contributed by atoms with Crippen LogP contribution < -0.4 is 14.8 Å². The van der Waals surface area contributed by atoms with Gasteiger partial charge in [-0.15, -0.1) is 0 Å². The minimum atomic E-state index is -3.61. The fraction of sp³-hybridized carbons (Fsp3) is 0.417. The van der Waals surface area contributed by atoms with Gasteiger partial charge >= 0.3 is 0 Å². The summed E-state index contributed by atoms with van der Waals surface area (Å²) < 4.78 is 33.5. The summed E-state index contributed by atoms with van der Waals surface area (Å²) in [6.07, 6.45) is 2.72. The van der Waals surface area contributed by atoms with Crippen molar-refractivity contribution in [1.29, 1.82) is 0 Å². The molecule has 0 radical (unpaired) electrons. The third-order valence-electron chi connectivity index (χ3n) is 5.90. The lowest BCUT2D eigenvalue weighted by atomic mass is 10.1. The van der Waals surface area contributed by atoms with Crippen molar-refractivity contribution in [3.8, 4) is 5.75 Å². The molecule has 34 heavy (non-hydrogen) atoms. The standard InChI is InChI=1S/C24H31ClN4O4S/c25-19-3-8-24-23(14-19)18(15-27-24)2-1-9-28-34(31,32)22-6-4-21(5-7-22)33-17-20(30)16-29-12-10-26-11-13-29/h3-8,14-15,20,26-28,30H,1-2,9-13,16-17H2/t20-/m1/s1. The molecule has 1 aliphatic rings. The molecule has 1 saturated heterocycles. The number of fused-ring (bicyclic) bond motifs is 1. The second-order valence-corrected chi connectivity index (χ2v) is 10.7. The molecule has 0 unspecified atom stereocenters. The number of aromatic nitrogens is 1. The first-order chi connectivity index (χ1) is 16.4. The zero-order chi connectivity index (χ0) is 24.0. The Morgan fingerprint density at radius 2 is 1.91 bits per heavy atom. The van der Waals surface area contributed by atoms with E-state index in [4.69, 9.17) is 16.3 Å². The topological polar surface area (TPSA) is 107 Å². The first-order valence-corrected chi connectivity index (χ1v) is 13.4. The molecule has 10 heteroatoms. The van der Waals surface area contributed by atoms with Crippen LogP contribution in [-0.2, 0) is 16.4 Å². The molecule has 4 N–H and O–H groups in total. The summed E-state index contributed by atoms with van der Waals surface area (Å²) in [5, 5.41) is 15.2. The number of sulfonamides is 1. The van der Waals surface area contributed by atoms with Gasteiger partial charge in [0.25, 0.3) is 0 Å². The average Bonchev–Trinajstić information content (AvgIpc) is 3.23. The lowest BCUT2D eigenvalue weighted by Crippen LogP contribution is -2.47. The highest BCUT2D eigenvalue weighted by molar-refractivity contribution is 7.89. The molecule has 0 aliphatic carbocycles. The van der Waals surface area contributed by atoms with E-state index in [2.05, 4.69) is 19.9 Å². The van der Waals surface area contributed by atoms with Crippen LogP contribution in [0.4, 0.5) is 0 Å². The Morgan fingerprint density at radius 1 is 1.15 bits per heavy atom. The average molecular weight is 507 g/mol. The molecule has 8 nitrogen and oxygen atoms in total. The van der Waals surface area contributed by atoms with Crippen molar-refractivity contribution in [2.24, 2.45) is 0 Å². The SMILES string of the molecule is O=S(=O)(NCCCc1c[nH]c2ccc(Cl)cc12)c1ccc(OC[C@H](O)CN2CCNCC2)cc1. The lowest BCUT2D eigenvalue weighted by molar-refractivity contribution is 0.0641. The van der Waals surface area contributed by atoms with E-state index in [1.165, 1.54) is 12.1 Å². The number of aliphatic hydroxyl groups is 1. The summed E-state index contributed by atoms with van der Waals surface area (Å²) in [6.45, 7) is 4.72. The van der Waals surface area contributed by atoms with Gasteiger partial charge in [-0.05, 0) is 60.9 Å². The van der Waals surface area contributed by atoms with Crippen molar-refractivity contribution in [2.75, 3.05) is 45.9 Å². The Bertz CT molecular complexity index is 1180. The van der Waals surface area contributed by atoms with E-state index in [0.717, 1.165) is 49.1 Å². The fourth-order valence-electron chi connectivity index (χ4n) is 4.08. The van der Waals surface area contributed by atoms with Crippen molar-refractivity contribution in [3.63, 3.8) is 0 Å². The summed E-state index contributed by atoms with van der Waals surface area (Å²) in [7, 11) is -3.61. The number of benzene rings is 2. The quantitative estimate of drug-likeness (QED) is 0.297. The Kier molecular flexibility index (Phi) is 8.46. The smallest absolute Gasteiger partial charge is 0.240 e. The fourth-order valence-corrected chi connectivity index (χ4v) is 5.32. The number of β-amino-alcohol motifs (C(OH)–C–C–N with tert-alkyl or cyclic N) is 1. The molecule has 4 rings (SSSR count). The molecule has 0 bridgehead atoms. The van der Waals surface area contributed by atoms with Crippen LogP contribution in [0.15, 0.2) is 53.6 Å². The molecular weight excluding hydrogens is 476 g/mol. The van der Waals surface area contributed by atoms with Crippen LogP contribution >= 0.6 is 11.6 Å². The van der Waals surface area contributed by atoms with Crippen molar-refractivity contribution in [3.05, 3.63) is 59.2 Å². The van der Waals surface area contributed by atoms with Gasteiger partial charge < -0.3 is 20.1 Å². The van der Waals surface area contributed by atoms with E-state index in [-0.39, 0.29) is 11.5 Å². The zero-order valence-electron chi connectivity index (χ0n) is 19.0. The maximum atomic E-state index is 12.6. The third-order valence-corrected chi connectivity index (χ3v) is 7.61. The summed E-state index contributed by atoms with van der Waals surface area (Å²) in [4.78, 5) is 5.59. The van der Waals surface area contributed by atoms with E-state index in [0.29, 0.717) is 30.3 Å². The lowest BCUT2D eigenvalue weighted by Gasteiger charge is -2.29. The minimum absolute atomic E-state index is 0.160. The number of hydrogen-bond acceptors (Lipinski definition) is 6. The highest BCUT2D eigenvalue weighted by Gasteiger charge is 2.16. The summed E-state index contributed by atoms with van der Waals surface area (Å²) in [5.74, 6) is 0.524. The van der Waals surface area contributed by atoms with Gasteiger partial charge in [0.2, 0.25) is 10.0 Å². The Balaban J connectivity index is 1.22. The summed E-state index contributed by atoms with van der Waals surface area (Å²) in [6, 6.07) is 11.9. The number of nitrogens with zero attached hydrogens (tertiary/aromatic N) is 1. The molecule has 1 aromatic heterocycles. The number of aryl methyl sites for hydroxylation is 1. The summed E-state index contributed by atoms with van der Waals surface area (Å²) in [5.41, 5.74) is 2.12. The van der Waals surface area contributed by atoms with Gasteiger partial charge in [0, 0.05) is 61.4 Å². The minimum Gasteiger partial charge on any atom is -0.491 e. The predicted molar refractivity (Wildman–Crippen MR) is 134 cm³/mol. The number of nitrogens with one attached hydrogen (secondary N) is 3. The maximum absolute atomic E-state index is 12.6. The third kappa shape index (κ3) is 6.71. The molecule has 0 amide bonds. The van der Waals surface area contributed by atoms with Crippen LogP contribution in [0.1, 0.15) is 12.0 Å². The van der Waals surface area contributed by atoms with Gasteiger partial charge in [0.05, 0.1) is 4.90 Å². The Morgan fingerprint density at radius 3 is 2.68 bits per heavy atom. The van der Waals surface area contributed by atoms with Crippen LogP contribution in [0.25, 0.3) is 10.9 Å². The highest BCUT2D eigenvalue weighted by atomic mass is 35.5. The molecule has 184 valence electrons. The van der Waals surface area contributed by atoms with Crippen molar-refractivity contribution >= 4 is 32.5 Å². The van der Waals surface area contributed by atoms with Gasteiger partial charge in [-0.3, -0.25) is 4.90 Å². The number of aliphatic hydroxyl groups excluding tert-OH is 1. The van der Waals surface area contributed by atoms with E-state index in [9.17, 15) is 13.5 Å². The van der Waals surface area contributed by atoms with Crippen LogP contribution in [0.3, 0.4) is 0 Å². The van der Waals surface area contributed by atoms with Crippen LogP contribution in [0.2, 0.25) is 5.02 Å². The van der Waals surface area contributed by atoms with Crippen LogP contribution in [0.5, 0.6) is 5.75 Å². The van der Waals surface area contributed by atoms with E-state index >= 15 is 0 Å². The first kappa shape index (κ1) is 25.0. The monoisotopic (exact) mass is 506 g/mol. The van der Waals surface area contributed by atoms with Crippen molar-refractivity contribution in [2.45, 2.75) is 23.8 Å². The van der Waals surface area contributed by atoms with E-state index < -0.39 is 16.1 Å². The number of hydrogen-bond donors (Lipinski definition) is 4. The molecular formula is C24H31ClN4O4S. The molecule has 3 aromatic rings. The molecule has 1 aliphatic heterocycles. The maximum Gasteiger partial charge on any atom is 0.240 e. The van der Waals surface area contributed by atoms with Gasteiger partial charge in [-0.25, -0.2) is 13.1 Å². The number of aromatic amines is 1.